The number of nitrogens with zero attached hydrogens (tertiary/aromatic N) is 2. The number of aromatic nitrogens is 2. The van der Waals surface area contributed by atoms with Gasteiger partial charge in [-0.2, -0.15) is 5.10 Å². The molecule has 2 atom stereocenters. The Morgan fingerprint density at radius 1 is 1.38 bits per heavy atom. The smallest absolute Gasteiger partial charge is 0.310 e. The molecule has 0 fully saturated rings. The monoisotopic (exact) mass is 287 g/mol. The molecular formula is C16H21N3O2. The molecule has 0 bridgehead atoms. The molecule has 112 valence electrons. The Bertz CT molecular complexity index is 580. The van der Waals surface area contributed by atoms with Crippen molar-refractivity contribution in [3.63, 3.8) is 0 Å². The Morgan fingerprint density at radius 3 is 2.67 bits per heavy atom. The lowest BCUT2D eigenvalue weighted by atomic mass is 9.94. The Morgan fingerprint density at radius 2 is 2.10 bits per heavy atom. The number of esters is 1. The molecule has 1 aromatic carbocycles. The molecule has 1 N–H and O–H groups in total. The quantitative estimate of drug-likeness (QED) is 0.826. The Hall–Kier alpha value is -2.14. The maximum Gasteiger partial charge on any atom is 0.310 e. The lowest BCUT2D eigenvalue weighted by Gasteiger charge is -2.23. The molecule has 2 aromatic rings. The van der Waals surface area contributed by atoms with Gasteiger partial charge in [0.15, 0.2) is 0 Å². The minimum absolute atomic E-state index is 0.0983. The average molecular weight is 287 g/mol. The van der Waals surface area contributed by atoms with Crippen LogP contribution in [0.25, 0.3) is 0 Å². The maximum absolute atomic E-state index is 11.9. The van der Waals surface area contributed by atoms with Crippen LogP contribution in [0.1, 0.15) is 24.1 Å². The molecule has 0 aliphatic rings. The van der Waals surface area contributed by atoms with Crippen LogP contribution in [-0.4, -0.2) is 22.9 Å². The van der Waals surface area contributed by atoms with E-state index in [-0.39, 0.29) is 17.9 Å². The number of rotatable bonds is 6. The highest BCUT2D eigenvalue weighted by atomic mass is 16.5. The van der Waals surface area contributed by atoms with Crippen molar-refractivity contribution >= 4 is 5.97 Å². The molecule has 5 heteroatoms. The normalized spacial score (nSPS) is 13.7. The number of aryl methyl sites for hydroxylation is 1. The van der Waals surface area contributed by atoms with Crippen molar-refractivity contribution in [3.8, 4) is 0 Å². The van der Waals surface area contributed by atoms with Gasteiger partial charge in [0.1, 0.15) is 0 Å². The second kappa shape index (κ2) is 7.04. The maximum atomic E-state index is 11.9. The van der Waals surface area contributed by atoms with Crippen LogP contribution in [0.5, 0.6) is 0 Å². The van der Waals surface area contributed by atoms with Gasteiger partial charge in [-0.25, -0.2) is 0 Å². The van der Waals surface area contributed by atoms with E-state index in [4.69, 9.17) is 4.74 Å². The zero-order valence-corrected chi connectivity index (χ0v) is 12.6. The Kier molecular flexibility index (Phi) is 5.11. The van der Waals surface area contributed by atoms with Crippen molar-refractivity contribution in [2.24, 2.45) is 13.0 Å². The first-order valence-electron chi connectivity index (χ1n) is 6.95. The topological polar surface area (TPSA) is 56.1 Å². The highest BCUT2D eigenvalue weighted by molar-refractivity contribution is 5.73. The third kappa shape index (κ3) is 3.92. The summed E-state index contributed by atoms with van der Waals surface area (Å²) in [6.07, 6.45) is 3.77. The first-order valence-corrected chi connectivity index (χ1v) is 6.95. The number of carbonyl (C=O) groups is 1. The molecule has 0 amide bonds. The second-order valence-electron chi connectivity index (χ2n) is 5.10. The van der Waals surface area contributed by atoms with Crippen LogP contribution < -0.4 is 5.32 Å². The van der Waals surface area contributed by atoms with Gasteiger partial charge in [-0.05, 0) is 5.56 Å². The van der Waals surface area contributed by atoms with E-state index in [1.54, 1.807) is 4.68 Å². The molecule has 0 radical (unpaired) electrons. The van der Waals surface area contributed by atoms with E-state index in [1.807, 2.05) is 56.7 Å². The molecule has 0 aliphatic carbocycles. The predicted octanol–water partition coefficient (Wildman–Crippen LogP) is 2.06. The van der Waals surface area contributed by atoms with Crippen LogP contribution in [0.4, 0.5) is 0 Å². The minimum atomic E-state index is -0.269. The number of carbonyl (C=O) groups excluding carboxylic acids is 1. The molecule has 1 heterocycles. The fraction of sp³-hybridized carbons (Fsp3) is 0.375. The first-order chi connectivity index (χ1) is 10.1. The van der Waals surface area contributed by atoms with Gasteiger partial charge in [-0.3, -0.25) is 9.48 Å². The van der Waals surface area contributed by atoms with E-state index in [1.165, 1.54) is 7.11 Å². The lowest BCUT2D eigenvalue weighted by Crippen LogP contribution is -2.31. The number of benzene rings is 1. The lowest BCUT2D eigenvalue weighted by molar-refractivity contribution is -0.145. The molecule has 0 saturated carbocycles. The van der Waals surface area contributed by atoms with E-state index in [9.17, 15) is 4.79 Å². The summed E-state index contributed by atoms with van der Waals surface area (Å²) in [6.45, 7) is 2.52. The van der Waals surface area contributed by atoms with Gasteiger partial charge in [0, 0.05) is 31.4 Å². The third-order valence-corrected chi connectivity index (χ3v) is 3.52. The summed E-state index contributed by atoms with van der Waals surface area (Å²) in [5.41, 5.74) is 2.15. The summed E-state index contributed by atoms with van der Waals surface area (Å²) in [5.74, 6) is -0.489. The van der Waals surface area contributed by atoms with Crippen LogP contribution in [0, 0.1) is 5.92 Å². The Balaban J connectivity index is 2.14. The average Bonchev–Trinajstić information content (AvgIpc) is 2.93. The Labute approximate surface area is 124 Å². The van der Waals surface area contributed by atoms with Gasteiger partial charge in [-0.1, -0.05) is 37.3 Å². The molecule has 0 aliphatic heterocycles. The van der Waals surface area contributed by atoms with Crippen molar-refractivity contribution in [3.05, 3.63) is 53.9 Å². The van der Waals surface area contributed by atoms with Crippen LogP contribution in [0.15, 0.2) is 42.7 Å². The third-order valence-electron chi connectivity index (χ3n) is 3.52. The summed E-state index contributed by atoms with van der Waals surface area (Å²) in [5, 5.41) is 7.57. The fourth-order valence-electron chi connectivity index (χ4n) is 2.36. The minimum Gasteiger partial charge on any atom is -0.469 e. The summed E-state index contributed by atoms with van der Waals surface area (Å²) in [7, 11) is 3.30. The van der Waals surface area contributed by atoms with Crippen LogP contribution >= 0.6 is 0 Å². The number of ether oxygens (including phenoxy) is 1. The standard InChI is InChI=1S/C16H21N3O2/c1-12(16(20)21-3)15(14-7-5-4-6-8-14)17-9-13-10-18-19(2)11-13/h4-8,10-12,15,17H,9H2,1-3H3/t12-,15+/m0/s1. The van der Waals surface area contributed by atoms with Crippen LogP contribution in [0.3, 0.4) is 0 Å². The van der Waals surface area contributed by atoms with Gasteiger partial charge in [-0.15, -0.1) is 0 Å². The number of hydrogen-bond donors (Lipinski definition) is 1. The number of nitrogens with one attached hydrogen (secondary N) is 1. The highest BCUT2D eigenvalue weighted by Crippen LogP contribution is 2.23. The summed E-state index contributed by atoms with van der Waals surface area (Å²) < 4.78 is 6.64. The summed E-state index contributed by atoms with van der Waals surface area (Å²) >= 11 is 0. The van der Waals surface area contributed by atoms with Crippen molar-refractivity contribution in [2.45, 2.75) is 19.5 Å². The molecular weight excluding hydrogens is 266 g/mol. The second-order valence-corrected chi connectivity index (χ2v) is 5.10. The van der Waals surface area contributed by atoms with Crippen molar-refractivity contribution < 1.29 is 9.53 Å². The van der Waals surface area contributed by atoms with Crippen LogP contribution in [0.2, 0.25) is 0 Å². The van der Waals surface area contributed by atoms with E-state index in [0.29, 0.717) is 6.54 Å². The zero-order valence-electron chi connectivity index (χ0n) is 12.6. The van der Waals surface area contributed by atoms with E-state index < -0.39 is 0 Å². The molecule has 0 spiro atoms. The number of methoxy groups -OCH3 is 1. The highest BCUT2D eigenvalue weighted by Gasteiger charge is 2.25. The SMILES string of the molecule is COC(=O)[C@@H](C)[C@@H](NCc1cnn(C)c1)c1ccccc1. The predicted molar refractivity (Wildman–Crippen MR) is 80.4 cm³/mol. The molecule has 0 unspecified atom stereocenters. The molecule has 2 rings (SSSR count). The first kappa shape index (κ1) is 15.3. The molecule has 0 saturated heterocycles. The van der Waals surface area contributed by atoms with Crippen molar-refractivity contribution in [1.29, 1.82) is 0 Å². The fourth-order valence-corrected chi connectivity index (χ4v) is 2.36. The number of hydrogen-bond acceptors (Lipinski definition) is 4. The summed E-state index contributed by atoms with van der Waals surface area (Å²) in [4.78, 5) is 11.9. The van der Waals surface area contributed by atoms with Crippen molar-refractivity contribution in [1.82, 2.24) is 15.1 Å². The van der Waals surface area contributed by atoms with Gasteiger partial charge in [0.2, 0.25) is 0 Å². The molecule has 5 nitrogen and oxygen atoms in total. The zero-order chi connectivity index (χ0) is 15.2. The van der Waals surface area contributed by atoms with E-state index in [0.717, 1.165) is 11.1 Å². The van der Waals surface area contributed by atoms with Gasteiger partial charge < -0.3 is 10.1 Å². The van der Waals surface area contributed by atoms with E-state index in [2.05, 4.69) is 10.4 Å². The van der Waals surface area contributed by atoms with Gasteiger partial charge in [0.25, 0.3) is 0 Å². The van der Waals surface area contributed by atoms with E-state index >= 15 is 0 Å². The van der Waals surface area contributed by atoms with Gasteiger partial charge in [0.05, 0.1) is 19.2 Å². The van der Waals surface area contributed by atoms with Gasteiger partial charge >= 0.3 is 5.97 Å². The molecule has 1 aromatic heterocycles. The largest absolute Gasteiger partial charge is 0.469 e. The molecule has 21 heavy (non-hydrogen) atoms. The van der Waals surface area contributed by atoms with Crippen LogP contribution in [-0.2, 0) is 23.1 Å². The van der Waals surface area contributed by atoms with Crippen molar-refractivity contribution in [2.75, 3.05) is 7.11 Å². The summed E-state index contributed by atoms with van der Waals surface area (Å²) in [6, 6.07) is 9.83.